The van der Waals surface area contributed by atoms with E-state index in [4.69, 9.17) is 0 Å². The first kappa shape index (κ1) is 10.6. The third-order valence-corrected chi connectivity index (χ3v) is 2.43. The third-order valence-electron chi connectivity index (χ3n) is 2.43. The van der Waals surface area contributed by atoms with Crippen molar-refractivity contribution in [3.05, 3.63) is 30.1 Å². The highest BCUT2D eigenvalue weighted by molar-refractivity contribution is 5.82. The summed E-state index contributed by atoms with van der Waals surface area (Å²) in [6.07, 6.45) is 4.01. The van der Waals surface area contributed by atoms with E-state index in [9.17, 15) is 9.59 Å². The van der Waals surface area contributed by atoms with E-state index in [0.717, 1.165) is 5.56 Å². The van der Waals surface area contributed by atoms with Gasteiger partial charge in [0.2, 0.25) is 11.8 Å². The normalized spacial score (nSPS) is 19.2. The fraction of sp³-hybridized carbons (Fsp3) is 0.364. The quantitative estimate of drug-likeness (QED) is 0.728. The van der Waals surface area contributed by atoms with Crippen molar-refractivity contribution in [2.75, 3.05) is 6.54 Å². The molecule has 2 heterocycles. The van der Waals surface area contributed by atoms with Crippen molar-refractivity contribution in [2.24, 2.45) is 0 Å². The number of carbonyl (C=O) groups excluding carboxylic acids is 2. The summed E-state index contributed by atoms with van der Waals surface area (Å²) in [6, 6.07) is 3.57. The summed E-state index contributed by atoms with van der Waals surface area (Å²) in [6.45, 7) is 0.525. The predicted octanol–water partition coefficient (Wildman–Crippen LogP) is -0.371. The molecule has 0 aliphatic carbocycles. The lowest BCUT2D eigenvalue weighted by Gasteiger charge is -2.09. The molecule has 1 aliphatic heterocycles. The van der Waals surface area contributed by atoms with Crippen molar-refractivity contribution in [1.82, 2.24) is 15.6 Å². The number of rotatable bonds is 3. The van der Waals surface area contributed by atoms with E-state index >= 15 is 0 Å². The van der Waals surface area contributed by atoms with E-state index in [1.807, 2.05) is 6.07 Å². The molecule has 1 unspecified atom stereocenters. The molecule has 1 fully saturated rings. The second kappa shape index (κ2) is 4.74. The Morgan fingerprint density at radius 2 is 2.50 bits per heavy atom. The van der Waals surface area contributed by atoms with Crippen LogP contribution >= 0.6 is 0 Å². The zero-order valence-electron chi connectivity index (χ0n) is 8.77. The van der Waals surface area contributed by atoms with Crippen LogP contribution in [0.15, 0.2) is 24.5 Å². The lowest BCUT2D eigenvalue weighted by atomic mass is 10.2. The average Bonchev–Trinajstić information content (AvgIpc) is 2.65. The topological polar surface area (TPSA) is 71.1 Å². The van der Waals surface area contributed by atoms with E-state index in [-0.39, 0.29) is 17.9 Å². The standard InChI is InChI=1S/C11H13N3O2/c15-10-5-9(7-13-10)14-11(16)4-8-2-1-3-12-6-8/h1-3,6,9H,4-5,7H2,(H,13,15)(H,14,16). The Labute approximate surface area is 93.3 Å². The molecule has 2 amide bonds. The van der Waals surface area contributed by atoms with Crippen LogP contribution in [0.25, 0.3) is 0 Å². The number of nitrogens with one attached hydrogen (secondary N) is 2. The Kier molecular flexibility index (Phi) is 3.14. The zero-order chi connectivity index (χ0) is 11.4. The Balaban J connectivity index is 1.83. The molecule has 0 aromatic carbocycles. The average molecular weight is 219 g/mol. The molecule has 5 nitrogen and oxygen atoms in total. The molecule has 0 radical (unpaired) electrons. The van der Waals surface area contributed by atoms with Crippen LogP contribution in [0.2, 0.25) is 0 Å². The maximum atomic E-state index is 11.6. The van der Waals surface area contributed by atoms with Gasteiger partial charge in [-0.25, -0.2) is 0 Å². The fourth-order valence-corrected chi connectivity index (χ4v) is 1.67. The van der Waals surface area contributed by atoms with Crippen LogP contribution in [0.3, 0.4) is 0 Å². The SMILES string of the molecule is O=C1CC(NC(=O)Cc2cccnc2)CN1. The van der Waals surface area contributed by atoms with Gasteiger partial charge >= 0.3 is 0 Å². The van der Waals surface area contributed by atoms with Gasteiger partial charge in [0.05, 0.1) is 12.5 Å². The van der Waals surface area contributed by atoms with Gasteiger partial charge in [-0.15, -0.1) is 0 Å². The molecule has 84 valence electrons. The van der Waals surface area contributed by atoms with E-state index in [1.54, 1.807) is 18.5 Å². The maximum absolute atomic E-state index is 11.6. The zero-order valence-corrected chi connectivity index (χ0v) is 8.77. The number of pyridine rings is 1. The largest absolute Gasteiger partial charge is 0.354 e. The smallest absolute Gasteiger partial charge is 0.224 e. The number of hydrogen-bond acceptors (Lipinski definition) is 3. The minimum atomic E-state index is -0.0745. The number of aromatic nitrogens is 1. The lowest BCUT2D eigenvalue weighted by Crippen LogP contribution is -2.37. The van der Waals surface area contributed by atoms with Gasteiger partial charge in [0, 0.05) is 25.4 Å². The van der Waals surface area contributed by atoms with Gasteiger partial charge in [-0.2, -0.15) is 0 Å². The highest BCUT2D eigenvalue weighted by Crippen LogP contribution is 2.01. The molecule has 16 heavy (non-hydrogen) atoms. The Hall–Kier alpha value is -1.91. The van der Waals surface area contributed by atoms with Crippen LogP contribution in [0, 0.1) is 0 Å². The monoisotopic (exact) mass is 219 g/mol. The summed E-state index contributed by atoms with van der Waals surface area (Å²) < 4.78 is 0. The second-order valence-electron chi connectivity index (χ2n) is 3.81. The molecule has 0 spiro atoms. The van der Waals surface area contributed by atoms with Crippen LogP contribution in [-0.2, 0) is 16.0 Å². The molecule has 1 saturated heterocycles. The van der Waals surface area contributed by atoms with Crippen molar-refractivity contribution in [2.45, 2.75) is 18.9 Å². The van der Waals surface area contributed by atoms with Crippen LogP contribution in [0.1, 0.15) is 12.0 Å². The van der Waals surface area contributed by atoms with Crippen molar-refractivity contribution in [3.63, 3.8) is 0 Å². The summed E-state index contributed by atoms with van der Waals surface area (Å²) >= 11 is 0. The molecule has 0 bridgehead atoms. The molecule has 0 saturated carbocycles. The highest BCUT2D eigenvalue weighted by Gasteiger charge is 2.22. The number of hydrogen-bond donors (Lipinski definition) is 2. The molecule has 1 atom stereocenters. The predicted molar refractivity (Wildman–Crippen MR) is 57.5 cm³/mol. The summed E-state index contributed by atoms with van der Waals surface area (Å²) in [5.74, 6) is -0.0822. The van der Waals surface area contributed by atoms with Crippen molar-refractivity contribution in [3.8, 4) is 0 Å². The van der Waals surface area contributed by atoms with Crippen LogP contribution in [0.4, 0.5) is 0 Å². The molecule has 1 aliphatic rings. The molecular weight excluding hydrogens is 206 g/mol. The Morgan fingerprint density at radius 1 is 1.62 bits per heavy atom. The highest BCUT2D eigenvalue weighted by atomic mass is 16.2. The summed E-state index contributed by atoms with van der Waals surface area (Å²) in [7, 11) is 0. The first-order chi connectivity index (χ1) is 7.74. The molecule has 5 heteroatoms. The van der Waals surface area contributed by atoms with E-state index in [0.29, 0.717) is 19.4 Å². The van der Waals surface area contributed by atoms with Crippen LogP contribution < -0.4 is 10.6 Å². The second-order valence-corrected chi connectivity index (χ2v) is 3.81. The van der Waals surface area contributed by atoms with Crippen molar-refractivity contribution < 1.29 is 9.59 Å². The van der Waals surface area contributed by atoms with Crippen LogP contribution in [-0.4, -0.2) is 29.4 Å². The maximum Gasteiger partial charge on any atom is 0.224 e. The minimum absolute atomic E-state index is 0.00771. The summed E-state index contributed by atoms with van der Waals surface area (Å²) in [4.78, 5) is 26.5. The fourth-order valence-electron chi connectivity index (χ4n) is 1.67. The van der Waals surface area contributed by atoms with Gasteiger partial charge in [0.15, 0.2) is 0 Å². The van der Waals surface area contributed by atoms with E-state index in [1.165, 1.54) is 0 Å². The minimum Gasteiger partial charge on any atom is -0.354 e. The molecule has 2 rings (SSSR count). The lowest BCUT2D eigenvalue weighted by molar-refractivity contribution is -0.121. The molecule has 1 aromatic rings. The van der Waals surface area contributed by atoms with Crippen molar-refractivity contribution >= 4 is 11.8 Å². The first-order valence-electron chi connectivity index (χ1n) is 5.19. The third kappa shape index (κ3) is 2.79. The summed E-state index contributed by atoms with van der Waals surface area (Å²) in [5.41, 5.74) is 0.872. The molecule has 2 N–H and O–H groups in total. The van der Waals surface area contributed by atoms with E-state index in [2.05, 4.69) is 15.6 Å². The number of nitrogens with zero attached hydrogens (tertiary/aromatic N) is 1. The molecule has 1 aromatic heterocycles. The number of carbonyl (C=O) groups is 2. The van der Waals surface area contributed by atoms with Gasteiger partial charge in [-0.1, -0.05) is 6.07 Å². The summed E-state index contributed by atoms with van der Waals surface area (Å²) in [5, 5.41) is 5.48. The van der Waals surface area contributed by atoms with Gasteiger partial charge in [-0.3, -0.25) is 14.6 Å². The number of amides is 2. The van der Waals surface area contributed by atoms with Gasteiger partial charge in [0.1, 0.15) is 0 Å². The van der Waals surface area contributed by atoms with Crippen LogP contribution in [0.5, 0.6) is 0 Å². The van der Waals surface area contributed by atoms with Gasteiger partial charge < -0.3 is 10.6 Å². The Bertz CT molecular complexity index is 391. The molecular formula is C11H13N3O2. The Morgan fingerprint density at radius 3 is 3.12 bits per heavy atom. The first-order valence-corrected chi connectivity index (χ1v) is 5.19. The van der Waals surface area contributed by atoms with Gasteiger partial charge in [-0.05, 0) is 11.6 Å². The van der Waals surface area contributed by atoms with E-state index < -0.39 is 0 Å². The van der Waals surface area contributed by atoms with Crippen molar-refractivity contribution in [1.29, 1.82) is 0 Å². The van der Waals surface area contributed by atoms with Gasteiger partial charge in [0.25, 0.3) is 0 Å².